The van der Waals surface area contributed by atoms with Gasteiger partial charge in [0.15, 0.2) is 5.76 Å². The minimum Gasteiger partial charge on any atom is -0.360 e. The maximum absolute atomic E-state index is 12.8. The monoisotopic (exact) mass is 305 g/mol. The maximum Gasteiger partial charge on any atom is 0.259 e. The van der Waals surface area contributed by atoms with E-state index in [1.54, 1.807) is 0 Å². The molecule has 5 nitrogen and oxygen atoms in total. The first kappa shape index (κ1) is 15.5. The van der Waals surface area contributed by atoms with Crippen molar-refractivity contribution in [1.29, 1.82) is 0 Å². The Morgan fingerprint density at radius 3 is 2.41 bits per heavy atom. The lowest BCUT2D eigenvalue weighted by atomic mass is 10.0. The Balaban J connectivity index is 1.66. The van der Waals surface area contributed by atoms with Gasteiger partial charge < -0.3 is 9.42 Å². The van der Waals surface area contributed by atoms with Crippen LogP contribution >= 0.6 is 0 Å². The van der Waals surface area contributed by atoms with Gasteiger partial charge in [0.25, 0.3) is 5.91 Å². The maximum atomic E-state index is 12.8. The molecule has 0 bridgehead atoms. The van der Waals surface area contributed by atoms with Crippen LogP contribution in [0.2, 0.25) is 0 Å². The molecule has 1 saturated heterocycles. The molecule has 1 aromatic rings. The zero-order chi connectivity index (χ0) is 15.7. The van der Waals surface area contributed by atoms with E-state index >= 15 is 0 Å². The molecule has 2 heterocycles. The van der Waals surface area contributed by atoms with Crippen LogP contribution in [-0.4, -0.2) is 53.1 Å². The number of piperazine rings is 1. The van der Waals surface area contributed by atoms with Gasteiger partial charge in [-0.2, -0.15) is 0 Å². The van der Waals surface area contributed by atoms with Crippen molar-refractivity contribution in [3.63, 3.8) is 0 Å². The Morgan fingerprint density at radius 1 is 1.18 bits per heavy atom. The largest absolute Gasteiger partial charge is 0.360 e. The Hall–Kier alpha value is -1.36. The van der Waals surface area contributed by atoms with Crippen LogP contribution in [0.4, 0.5) is 0 Å². The van der Waals surface area contributed by atoms with Crippen LogP contribution in [0.25, 0.3) is 0 Å². The highest BCUT2D eigenvalue weighted by atomic mass is 16.5. The van der Waals surface area contributed by atoms with Gasteiger partial charge in [-0.3, -0.25) is 9.69 Å². The molecule has 5 heteroatoms. The van der Waals surface area contributed by atoms with Crippen LogP contribution in [0, 0.1) is 6.92 Å². The van der Waals surface area contributed by atoms with E-state index in [0.717, 1.165) is 38.0 Å². The lowest BCUT2D eigenvalue weighted by Crippen LogP contribution is -2.51. The van der Waals surface area contributed by atoms with Crippen molar-refractivity contribution in [3.8, 4) is 0 Å². The number of nitrogens with zero attached hydrogens (tertiary/aromatic N) is 3. The van der Waals surface area contributed by atoms with Crippen molar-refractivity contribution in [2.24, 2.45) is 0 Å². The van der Waals surface area contributed by atoms with Crippen LogP contribution in [0.3, 0.4) is 0 Å². The van der Waals surface area contributed by atoms with Gasteiger partial charge in [0.05, 0.1) is 5.69 Å². The van der Waals surface area contributed by atoms with Gasteiger partial charge in [0.2, 0.25) is 0 Å². The summed E-state index contributed by atoms with van der Waals surface area (Å²) in [6.45, 7) is 9.56. The lowest BCUT2D eigenvalue weighted by Gasteiger charge is -2.38. The number of carbonyl (C=O) groups is 1. The Labute approximate surface area is 132 Å². The van der Waals surface area contributed by atoms with E-state index in [-0.39, 0.29) is 11.8 Å². The van der Waals surface area contributed by atoms with Crippen molar-refractivity contribution in [3.05, 3.63) is 17.0 Å². The normalized spacial score (nSPS) is 21.0. The first-order valence-electron chi connectivity index (χ1n) is 8.57. The summed E-state index contributed by atoms with van der Waals surface area (Å²) in [6, 6.07) is 0.751. The van der Waals surface area contributed by atoms with Crippen LogP contribution in [0.15, 0.2) is 4.52 Å². The van der Waals surface area contributed by atoms with E-state index in [2.05, 4.69) is 10.1 Å². The standard InChI is InChI=1S/C17H27N3O2/c1-12(2)16-15(13(3)18-22-16)17(21)20-10-8-19(9-11-20)14-6-4-5-7-14/h12,14H,4-11H2,1-3H3. The first-order valence-corrected chi connectivity index (χ1v) is 8.57. The summed E-state index contributed by atoms with van der Waals surface area (Å²) in [4.78, 5) is 17.4. The minimum atomic E-state index is 0.0912. The van der Waals surface area contributed by atoms with Crippen molar-refractivity contribution in [1.82, 2.24) is 15.0 Å². The van der Waals surface area contributed by atoms with Gasteiger partial charge in [0, 0.05) is 38.1 Å². The summed E-state index contributed by atoms with van der Waals surface area (Å²) in [5.74, 6) is 0.995. The molecular weight excluding hydrogens is 278 g/mol. The Kier molecular flexibility index (Phi) is 4.52. The number of carbonyl (C=O) groups excluding carboxylic acids is 1. The molecule has 1 saturated carbocycles. The lowest BCUT2D eigenvalue weighted by molar-refractivity contribution is 0.0570. The number of aryl methyl sites for hydroxylation is 1. The van der Waals surface area contributed by atoms with Crippen molar-refractivity contribution >= 4 is 5.91 Å². The zero-order valence-corrected chi connectivity index (χ0v) is 14.0. The number of aromatic nitrogens is 1. The van der Waals surface area contributed by atoms with E-state index in [4.69, 9.17) is 4.52 Å². The van der Waals surface area contributed by atoms with E-state index < -0.39 is 0 Å². The summed E-state index contributed by atoms with van der Waals surface area (Å²) in [6.07, 6.45) is 5.38. The molecule has 22 heavy (non-hydrogen) atoms. The molecule has 1 amide bonds. The molecule has 122 valence electrons. The second-order valence-electron chi connectivity index (χ2n) is 6.93. The van der Waals surface area contributed by atoms with Gasteiger partial charge in [-0.25, -0.2) is 0 Å². The quantitative estimate of drug-likeness (QED) is 0.861. The third-order valence-corrected chi connectivity index (χ3v) is 5.07. The third kappa shape index (κ3) is 2.91. The number of amides is 1. The fourth-order valence-corrected chi connectivity index (χ4v) is 3.76. The SMILES string of the molecule is Cc1noc(C(C)C)c1C(=O)N1CCN(C2CCCC2)CC1. The molecule has 0 radical (unpaired) electrons. The summed E-state index contributed by atoms with van der Waals surface area (Å²) >= 11 is 0. The van der Waals surface area contributed by atoms with Crippen LogP contribution in [-0.2, 0) is 0 Å². The van der Waals surface area contributed by atoms with E-state index in [0.29, 0.717) is 11.3 Å². The van der Waals surface area contributed by atoms with Crippen molar-refractivity contribution < 1.29 is 9.32 Å². The average molecular weight is 305 g/mol. The molecule has 1 aliphatic heterocycles. The highest BCUT2D eigenvalue weighted by molar-refractivity contribution is 5.96. The van der Waals surface area contributed by atoms with Crippen LogP contribution < -0.4 is 0 Å². The van der Waals surface area contributed by atoms with Gasteiger partial charge in [-0.15, -0.1) is 0 Å². The molecule has 0 aromatic carbocycles. The smallest absolute Gasteiger partial charge is 0.259 e. The summed E-state index contributed by atoms with van der Waals surface area (Å²) in [5.41, 5.74) is 1.40. The second-order valence-corrected chi connectivity index (χ2v) is 6.93. The highest BCUT2D eigenvalue weighted by Crippen LogP contribution is 2.26. The fourth-order valence-electron chi connectivity index (χ4n) is 3.76. The first-order chi connectivity index (χ1) is 10.6. The molecule has 1 aromatic heterocycles. The molecule has 2 fully saturated rings. The molecule has 3 rings (SSSR count). The molecule has 0 spiro atoms. The number of hydrogen-bond donors (Lipinski definition) is 0. The highest BCUT2D eigenvalue weighted by Gasteiger charge is 2.31. The molecular formula is C17H27N3O2. The predicted octanol–water partition coefficient (Wildman–Crippen LogP) is 2.81. The summed E-state index contributed by atoms with van der Waals surface area (Å²) < 4.78 is 5.36. The minimum absolute atomic E-state index is 0.0912. The average Bonchev–Trinajstić information content (AvgIpc) is 3.16. The van der Waals surface area contributed by atoms with Gasteiger partial charge in [-0.1, -0.05) is 31.8 Å². The summed E-state index contributed by atoms with van der Waals surface area (Å²) in [7, 11) is 0. The van der Waals surface area contributed by atoms with Gasteiger partial charge in [0.1, 0.15) is 5.56 Å². The van der Waals surface area contributed by atoms with E-state index in [1.807, 2.05) is 25.7 Å². The number of hydrogen-bond acceptors (Lipinski definition) is 4. The second kappa shape index (κ2) is 6.41. The van der Waals surface area contributed by atoms with Gasteiger partial charge >= 0.3 is 0 Å². The van der Waals surface area contributed by atoms with Crippen molar-refractivity contribution in [2.45, 2.75) is 58.4 Å². The Morgan fingerprint density at radius 2 is 1.82 bits per heavy atom. The molecule has 0 N–H and O–H groups in total. The van der Waals surface area contributed by atoms with Gasteiger partial charge in [-0.05, 0) is 19.8 Å². The molecule has 0 atom stereocenters. The molecule has 2 aliphatic rings. The number of rotatable bonds is 3. The van der Waals surface area contributed by atoms with E-state index in [1.165, 1.54) is 25.7 Å². The predicted molar refractivity (Wildman–Crippen MR) is 85.1 cm³/mol. The van der Waals surface area contributed by atoms with Crippen molar-refractivity contribution in [2.75, 3.05) is 26.2 Å². The van der Waals surface area contributed by atoms with Crippen LogP contribution in [0.1, 0.15) is 67.3 Å². The third-order valence-electron chi connectivity index (χ3n) is 5.07. The molecule has 1 aliphatic carbocycles. The van der Waals surface area contributed by atoms with E-state index in [9.17, 15) is 4.79 Å². The fraction of sp³-hybridized carbons (Fsp3) is 0.765. The van der Waals surface area contributed by atoms with Crippen LogP contribution in [0.5, 0.6) is 0 Å². The Bertz CT molecular complexity index is 524. The summed E-state index contributed by atoms with van der Waals surface area (Å²) in [5, 5.41) is 4.00. The zero-order valence-electron chi connectivity index (χ0n) is 14.0. The molecule has 0 unspecified atom stereocenters. The topological polar surface area (TPSA) is 49.6 Å².